The molecule has 0 fully saturated rings. The van der Waals surface area contributed by atoms with E-state index in [2.05, 4.69) is 41.2 Å². The molecule has 0 aromatic rings. The second-order valence-electron chi connectivity index (χ2n) is 3.84. The van der Waals surface area contributed by atoms with Crippen LogP contribution in [0.5, 0.6) is 0 Å². The molecular formula is C9H18S. The average Bonchev–Trinajstić information content (AvgIpc) is 1.60. The minimum absolute atomic E-state index is 0.321. The van der Waals surface area contributed by atoms with Gasteiger partial charge in [-0.3, -0.25) is 0 Å². The maximum atomic E-state index is 4.00. The third kappa shape index (κ3) is 4.92. The van der Waals surface area contributed by atoms with E-state index in [1.54, 1.807) is 0 Å². The Morgan fingerprint density at radius 2 is 1.70 bits per heavy atom. The molecule has 0 unspecified atom stereocenters. The maximum Gasteiger partial charge on any atom is 0.0119 e. The van der Waals surface area contributed by atoms with Crippen molar-refractivity contribution in [1.82, 2.24) is 0 Å². The number of hydrogen-bond acceptors (Lipinski definition) is 1. The van der Waals surface area contributed by atoms with Crippen molar-refractivity contribution in [3.63, 3.8) is 0 Å². The lowest BCUT2D eigenvalue weighted by Crippen LogP contribution is -2.08. The van der Waals surface area contributed by atoms with Crippen molar-refractivity contribution in [2.24, 2.45) is 5.92 Å². The normalized spacial score (nSPS) is 12.2. The van der Waals surface area contributed by atoms with Gasteiger partial charge >= 0.3 is 0 Å². The Balaban J connectivity index is 3.81. The van der Waals surface area contributed by atoms with Gasteiger partial charge in [0.2, 0.25) is 0 Å². The van der Waals surface area contributed by atoms with Gasteiger partial charge in [-0.1, -0.05) is 41.2 Å². The van der Waals surface area contributed by atoms with E-state index in [4.69, 9.17) is 0 Å². The molecule has 1 heteroatoms. The van der Waals surface area contributed by atoms with Gasteiger partial charge in [0.15, 0.2) is 0 Å². The molecule has 0 N–H and O–H groups in total. The Kier molecular flexibility index (Phi) is 3.50. The summed E-state index contributed by atoms with van der Waals surface area (Å²) in [4.78, 5) is 1.28. The van der Waals surface area contributed by atoms with Crippen molar-refractivity contribution in [1.29, 1.82) is 0 Å². The smallest absolute Gasteiger partial charge is 0.0119 e. The van der Waals surface area contributed by atoms with Crippen LogP contribution in [0, 0.1) is 5.92 Å². The second kappa shape index (κ2) is 3.47. The van der Waals surface area contributed by atoms with Gasteiger partial charge in [0.05, 0.1) is 0 Å². The van der Waals surface area contributed by atoms with Crippen LogP contribution in [-0.2, 0) is 0 Å². The van der Waals surface area contributed by atoms with Crippen molar-refractivity contribution in [3.8, 4) is 0 Å². The molecule has 0 aliphatic rings. The lowest BCUT2D eigenvalue weighted by atomic mass is 10.2. The van der Waals surface area contributed by atoms with E-state index >= 15 is 0 Å². The molecule has 0 amide bonds. The first-order chi connectivity index (χ1) is 4.33. The van der Waals surface area contributed by atoms with Crippen LogP contribution in [0.3, 0.4) is 0 Å². The summed E-state index contributed by atoms with van der Waals surface area (Å²) in [6.45, 7) is 15.0. The van der Waals surface area contributed by atoms with E-state index in [0.29, 0.717) is 10.7 Å². The summed E-state index contributed by atoms with van der Waals surface area (Å²) in [5.74, 6) is 0.601. The van der Waals surface area contributed by atoms with Crippen molar-refractivity contribution in [2.45, 2.75) is 39.4 Å². The van der Waals surface area contributed by atoms with Crippen LogP contribution in [0.4, 0.5) is 0 Å². The molecule has 0 aromatic heterocycles. The number of thioether (sulfide) groups is 1. The largest absolute Gasteiger partial charge is 0.125 e. The first-order valence-electron chi connectivity index (χ1n) is 3.71. The molecule has 60 valence electrons. The van der Waals surface area contributed by atoms with E-state index in [1.807, 2.05) is 11.8 Å². The van der Waals surface area contributed by atoms with Gasteiger partial charge in [-0.15, -0.1) is 11.8 Å². The summed E-state index contributed by atoms with van der Waals surface area (Å²) < 4.78 is 0.321. The van der Waals surface area contributed by atoms with E-state index in [1.165, 1.54) is 4.91 Å². The fourth-order valence-electron chi connectivity index (χ4n) is 0.511. The standard InChI is InChI=1S/C9H18S/c1-7(2)8(3)10-9(4,5)6/h7H,3H2,1-2,4-6H3. The highest BCUT2D eigenvalue weighted by Crippen LogP contribution is 2.33. The number of allylic oxidation sites excluding steroid dienone is 1. The Labute approximate surface area is 69.1 Å². The Morgan fingerprint density at radius 3 is 1.80 bits per heavy atom. The summed E-state index contributed by atoms with van der Waals surface area (Å²) in [6.07, 6.45) is 0. The topological polar surface area (TPSA) is 0 Å². The molecule has 0 aromatic carbocycles. The summed E-state index contributed by atoms with van der Waals surface area (Å²) in [6, 6.07) is 0. The molecule has 0 nitrogen and oxygen atoms in total. The minimum Gasteiger partial charge on any atom is -0.125 e. The number of hydrogen-bond donors (Lipinski definition) is 0. The minimum atomic E-state index is 0.321. The summed E-state index contributed by atoms with van der Waals surface area (Å²) in [7, 11) is 0. The van der Waals surface area contributed by atoms with Crippen LogP contribution in [0.2, 0.25) is 0 Å². The van der Waals surface area contributed by atoms with E-state index in [0.717, 1.165) is 0 Å². The molecule has 10 heavy (non-hydrogen) atoms. The highest BCUT2D eigenvalue weighted by Gasteiger charge is 2.13. The zero-order chi connectivity index (χ0) is 8.36. The third-order valence-corrected chi connectivity index (χ3v) is 2.43. The number of rotatable bonds is 2. The molecule has 0 spiro atoms. The molecule has 0 saturated carbocycles. The van der Waals surface area contributed by atoms with Crippen LogP contribution < -0.4 is 0 Å². The highest BCUT2D eigenvalue weighted by atomic mass is 32.2. The van der Waals surface area contributed by atoms with Gasteiger partial charge in [-0.25, -0.2) is 0 Å². The molecular weight excluding hydrogens is 140 g/mol. The summed E-state index contributed by atoms with van der Waals surface area (Å²) >= 11 is 1.87. The van der Waals surface area contributed by atoms with E-state index < -0.39 is 0 Å². The first kappa shape index (κ1) is 10.1. The van der Waals surface area contributed by atoms with Crippen molar-refractivity contribution in [2.75, 3.05) is 0 Å². The molecule has 0 aliphatic carbocycles. The molecule has 0 saturated heterocycles. The third-order valence-electron chi connectivity index (χ3n) is 1.08. The molecule has 0 bridgehead atoms. The Bertz CT molecular complexity index is 117. The van der Waals surface area contributed by atoms with Crippen molar-refractivity contribution in [3.05, 3.63) is 11.5 Å². The maximum absolute atomic E-state index is 4.00. The van der Waals surface area contributed by atoms with E-state index in [9.17, 15) is 0 Å². The molecule has 0 rings (SSSR count). The fraction of sp³-hybridized carbons (Fsp3) is 0.778. The van der Waals surface area contributed by atoms with Gasteiger partial charge < -0.3 is 0 Å². The van der Waals surface area contributed by atoms with Gasteiger partial charge in [0.25, 0.3) is 0 Å². The van der Waals surface area contributed by atoms with Gasteiger partial charge in [0.1, 0.15) is 0 Å². The molecule has 0 aliphatic heterocycles. The lowest BCUT2D eigenvalue weighted by molar-refractivity contribution is 0.782. The summed E-state index contributed by atoms with van der Waals surface area (Å²) in [5.41, 5.74) is 0. The van der Waals surface area contributed by atoms with Crippen LogP contribution >= 0.6 is 11.8 Å². The summed E-state index contributed by atoms with van der Waals surface area (Å²) in [5, 5.41) is 0. The van der Waals surface area contributed by atoms with Gasteiger partial charge in [0, 0.05) is 4.75 Å². The first-order valence-corrected chi connectivity index (χ1v) is 4.52. The highest BCUT2D eigenvalue weighted by molar-refractivity contribution is 8.04. The predicted molar refractivity (Wildman–Crippen MR) is 51.3 cm³/mol. The van der Waals surface area contributed by atoms with E-state index in [-0.39, 0.29) is 0 Å². The van der Waals surface area contributed by atoms with Crippen LogP contribution in [0.15, 0.2) is 11.5 Å². The van der Waals surface area contributed by atoms with Crippen molar-refractivity contribution >= 4 is 11.8 Å². The predicted octanol–water partition coefficient (Wildman–Crippen LogP) is 3.69. The van der Waals surface area contributed by atoms with Crippen LogP contribution in [-0.4, -0.2) is 4.75 Å². The Hall–Kier alpha value is 0.0900. The van der Waals surface area contributed by atoms with Gasteiger partial charge in [-0.05, 0) is 10.8 Å². The monoisotopic (exact) mass is 158 g/mol. The second-order valence-corrected chi connectivity index (χ2v) is 5.79. The quantitative estimate of drug-likeness (QED) is 0.590. The fourth-order valence-corrected chi connectivity index (χ4v) is 1.53. The van der Waals surface area contributed by atoms with Crippen LogP contribution in [0.1, 0.15) is 34.6 Å². The van der Waals surface area contributed by atoms with Crippen molar-refractivity contribution < 1.29 is 0 Å². The molecule has 0 radical (unpaired) electrons. The Morgan fingerprint density at radius 1 is 1.30 bits per heavy atom. The SMILES string of the molecule is C=C(SC(C)(C)C)C(C)C. The zero-order valence-corrected chi connectivity index (χ0v) is 8.51. The van der Waals surface area contributed by atoms with Crippen LogP contribution in [0.25, 0.3) is 0 Å². The molecule has 0 heterocycles. The lowest BCUT2D eigenvalue weighted by Gasteiger charge is -2.20. The van der Waals surface area contributed by atoms with Gasteiger partial charge in [-0.2, -0.15) is 0 Å². The molecule has 0 atom stereocenters. The average molecular weight is 158 g/mol. The zero-order valence-electron chi connectivity index (χ0n) is 7.69.